The standard InChI is InChI=1S/C19H21FN2O3/c20-15-3-1-14(2-4-15)11-22-19(23)12-21-16-5-7-17(8-6-16)25-18-9-10-24-13-18/h1-8,18,21H,9-13H2,(H,22,23). The van der Waals surface area contributed by atoms with Crippen molar-refractivity contribution in [2.75, 3.05) is 25.1 Å². The first-order valence-electron chi connectivity index (χ1n) is 8.28. The molecule has 132 valence electrons. The van der Waals surface area contributed by atoms with Crippen LogP contribution < -0.4 is 15.4 Å². The van der Waals surface area contributed by atoms with Crippen LogP contribution in [0.4, 0.5) is 10.1 Å². The minimum atomic E-state index is -0.287. The summed E-state index contributed by atoms with van der Waals surface area (Å²) in [6, 6.07) is 13.5. The summed E-state index contributed by atoms with van der Waals surface area (Å²) in [7, 11) is 0. The smallest absolute Gasteiger partial charge is 0.239 e. The van der Waals surface area contributed by atoms with Crippen molar-refractivity contribution in [2.45, 2.75) is 19.1 Å². The zero-order chi connectivity index (χ0) is 17.5. The van der Waals surface area contributed by atoms with Crippen LogP contribution in [0.25, 0.3) is 0 Å². The van der Waals surface area contributed by atoms with E-state index in [1.807, 2.05) is 24.3 Å². The van der Waals surface area contributed by atoms with Crippen LogP contribution in [-0.2, 0) is 16.1 Å². The number of carbonyl (C=O) groups excluding carboxylic acids is 1. The molecule has 0 aromatic heterocycles. The first-order valence-corrected chi connectivity index (χ1v) is 8.28. The molecular formula is C19H21FN2O3. The maximum Gasteiger partial charge on any atom is 0.239 e. The Bertz CT molecular complexity index is 683. The number of hydrogen-bond acceptors (Lipinski definition) is 4. The highest BCUT2D eigenvalue weighted by molar-refractivity contribution is 5.80. The maximum atomic E-state index is 12.8. The maximum absolute atomic E-state index is 12.8. The summed E-state index contributed by atoms with van der Waals surface area (Å²) in [5.74, 6) is 0.374. The molecule has 5 nitrogen and oxygen atoms in total. The van der Waals surface area contributed by atoms with Gasteiger partial charge in [-0.25, -0.2) is 4.39 Å². The van der Waals surface area contributed by atoms with Crippen molar-refractivity contribution >= 4 is 11.6 Å². The Hall–Kier alpha value is -2.60. The van der Waals surface area contributed by atoms with E-state index in [2.05, 4.69) is 10.6 Å². The molecule has 6 heteroatoms. The van der Waals surface area contributed by atoms with E-state index in [0.717, 1.165) is 30.0 Å². The Morgan fingerprint density at radius 2 is 1.92 bits per heavy atom. The fourth-order valence-corrected chi connectivity index (χ4v) is 2.50. The molecule has 1 fully saturated rings. The number of hydrogen-bond donors (Lipinski definition) is 2. The number of halogens is 1. The largest absolute Gasteiger partial charge is 0.488 e. The Balaban J connectivity index is 1.39. The van der Waals surface area contributed by atoms with Crippen LogP contribution in [0.5, 0.6) is 5.75 Å². The van der Waals surface area contributed by atoms with E-state index in [1.165, 1.54) is 12.1 Å². The topological polar surface area (TPSA) is 59.6 Å². The van der Waals surface area contributed by atoms with Crippen molar-refractivity contribution in [2.24, 2.45) is 0 Å². The van der Waals surface area contributed by atoms with Gasteiger partial charge in [0.15, 0.2) is 0 Å². The fraction of sp³-hybridized carbons (Fsp3) is 0.316. The number of benzene rings is 2. The molecule has 1 unspecified atom stereocenters. The molecular weight excluding hydrogens is 323 g/mol. The van der Waals surface area contributed by atoms with Crippen molar-refractivity contribution in [3.63, 3.8) is 0 Å². The van der Waals surface area contributed by atoms with Gasteiger partial charge in [0.25, 0.3) is 0 Å². The molecule has 0 bridgehead atoms. The van der Waals surface area contributed by atoms with Gasteiger partial charge in [-0.1, -0.05) is 12.1 Å². The zero-order valence-corrected chi connectivity index (χ0v) is 13.8. The van der Waals surface area contributed by atoms with Crippen LogP contribution in [-0.4, -0.2) is 31.8 Å². The van der Waals surface area contributed by atoms with Crippen LogP contribution in [0.15, 0.2) is 48.5 Å². The molecule has 2 aromatic rings. The lowest BCUT2D eigenvalue weighted by molar-refractivity contribution is -0.119. The molecule has 2 N–H and O–H groups in total. The highest BCUT2D eigenvalue weighted by Crippen LogP contribution is 2.19. The van der Waals surface area contributed by atoms with Gasteiger partial charge in [0.05, 0.1) is 19.8 Å². The molecule has 1 saturated heterocycles. The van der Waals surface area contributed by atoms with Crippen LogP contribution in [0, 0.1) is 5.82 Å². The third kappa shape index (κ3) is 5.46. The van der Waals surface area contributed by atoms with E-state index in [-0.39, 0.29) is 24.4 Å². The van der Waals surface area contributed by atoms with E-state index in [0.29, 0.717) is 13.2 Å². The number of rotatable bonds is 7. The summed E-state index contributed by atoms with van der Waals surface area (Å²) in [6.45, 7) is 1.92. The molecule has 0 spiro atoms. The number of nitrogens with one attached hydrogen (secondary N) is 2. The van der Waals surface area contributed by atoms with Crippen molar-refractivity contribution in [1.29, 1.82) is 0 Å². The van der Waals surface area contributed by atoms with E-state index in [9.17, 15) is 9.18 Å². The van der Waals surface area contributed by atoms with E-state index < -0.39 is 0 Å². The van der Waals surface area contributed by atoms with E-state index in [1.54, 1.807) is 12.1 Å². The summed E-state index contributed by atoms with van der Waals surface area (Å²) in [6.07, 6.45) is 1.03. The molecule has 3 rings (SSSR count). The second kappa shape index (κ2) is 8.48. The average Bonchev–Trinajstić information content (AvgIpc) is 3.14. The third-order valence-electron chi connectivity index (χ3n) is 3.90. The summed E-state index contributed by atoms with van der Waals surface area (Å²) in [5, 5.41) is 5.84. The zero-order valence-electron chi connectivity index (χ0n) is 13.8. The second-order valence-electron chi connectivity index (χ2n) is 5.88. The molecule has 1 heterocycles. The van der Waals surface area contributed by atoms with Crippen LogP contribution >= 0.6 is 0 Å². The predicted molar refractivity (Wildman–Crippen MR) is 93.0 cm³/mol. The molecule has 1 amide bonds. The van der Waals surface area contributed by atoms with Crippen LogP contribution in [0.3, 0.4) is 0 Å². The van der Waals surface area contributed by atoms with Gasteiger partial charge in [-0.05, 0) is 42.0 Å². The number of anilines is 1. The molecule has 0 aliphatic carbocycles. The predicted octanol–water partition coefficient (Wildman–Crippen LogP) is 2.72. The Labute approximate surface area is 146 Å². The van der Waals surface area contributed by atoms with Gasteiger partial charge in [0.2, 0.25) is 5.91 Å². The molecule has 0 radical (unpaired) electrons. The van der Waals surface area contributed by atoms with Gasteiger partial charge in [0, 0.05) is 18.7 Å². The number of carbonyl (C=O) groups is 1. The van der Waals surface area contributed by atoms with Gasteiger partial charge in [0.1, 0.15) is 17.7 Å². The number of amides is 1. The van der Waals surface area contributed by atoms with E-state index >= 15 is 0 Å². The van der Waals surface area contributed by atoms with Gasteiger partial charge >= 0.3 is 0 Å². The average molecular weight is 344 g/mol. The van der Waals surface area contributed by atoms with Crippen molar-refractivity contribution in [1.82, 2.24) is 5.32 Å². The van der Waals surface area contributed by atoms with Crippen LogP contribution in [0.2, 0.25) is 0 Å². The molecule has 2 aromatic carbocycles. The normalized spacial score (nSPS) is 16.4. The summed E-state index contributed by atoms with van der Waals surface area (Å²) in [4.78, 5) is 11.9. The fourth-order valence-electron chi connectivity index (χ4n) is 2.50. The van der Waals surface area contributed by atoms with Gasteiger partial charge < -0.3 is 20.1 Å². The molecule has 1 aliphatic heterocycles. The lowest BCUT2D eigenvalue weighted by Crippen LogP contribution is -2.29. The van der Waals surface area contributed by atoms with Gasteiger partial charge in [-0.3, -0.25) is 4.79 Å². The lowest BCUT2D eigenvalue weighted by Gasteiger charge is -2.12. The summed E-state index contributed by atoms with van der Waals surface area (Å²) >= 11 is 0. The lowest BCUT2D eigenvalue weighted by atomic mass is 10.2. The molecule has 25 heavy (non-hydrogen) atoms. The van der Waals surface area contributed by atoms with Crippen molar-refractivity contribution in [3.8, 4) is 5.75 Å². The Morgan fingerprint density at radius 3 is 2.60 bits per heavy atom. The summed E-state index contributed by atoms with van der Waals surface area (Å²) < 4.78 is 23.9. The Kier molecular flexibility index (Phi) is 5.85. The molecule has 0 saturated carbocycles. The minimum absolute atomic E-state index is 0.121. The van der Waals surface area contributed by atoms with Crippen molar-refractivity contribution < 1.29 is 18.7 Å². The second-order valence-corrected chi connectivity index (χ2v) is 5.88. The number of ether oxygens (including phenoxy) is 2. The molecule has 1 atom stereocenters. The highest BCUT2D eigenvalue weighted by Gasteiger charge is 2.16. The van der Waals surface area contributed by atoms with E-state index in [4.69, 9.17) is 9.47 Å². The van der Waals surface area contributed by atoms with Crippen LogP contribution in [0.1, 0.15) is 12.0 Å². The Morgan fingerprint density at radius 1 is 1.16 bits per heavy atom. The van der Waals surface area contributed by atoms with Gasteiger partial charge in [-0.2, -0.15) is 0 Å². The first kappa shape index (κ1) is 17.2. The van der Waals surface area contributed by atoms with Gasteiger partial charge in [-0.15, -0.1) is 0 Å². The monoisotopic (exact) mass is 344 g/mol. The molecule has 1 aliphatic rings. The van der Waals surface area contributed by atoms with Crippen molar-refractivity contribution in [3.05, 3.63) is 59.9 Å². The quantitative estimate of drug-likeness (QED) is 0.811. The highest BCUT2D eigenvalue weighted by atomic mass is 19.1. The minimum Gasteiger partial charge on any atom is -0.488 e. The summed E-state index contributed by atoms with van der Waals surface area (Å²) in [5.41, 5.74) is 1.69. The third-order valence-corrected chi connectivity index (χ3v) is 3.90. The first-order chi connectivity index (χ1) is 12.2. The SMILES string of the molecule is O=C(CNc1ccc(OC2CCOC2)cc1)NCc1ccc(F)cc1.